The molecule has 0 radical (unpaired) electrons. The second-order valence-electron chi connectivity index (χ2n) is 8.56. The van der Waals surface area contributed by atoms with Gasteiger partial charge in [0.05, 0.1) is 23.4 Å². The van der Waals surface area contributed by atoms with Crippen LogP contribution in [0.15, 0.2) is 86.6 Å². The number of phenolic OH excluding ortho intramolecular Hbond substituents is 1. The average Bonchev–Trinajstić information content (AvgIpc) is 3.19. The molecule has 174 valence electrons. The van der Waals surface area contributed by atoms with Crippen LogP contribution < -0.4 is 19.6 Å². The topological polar surface area (TPSA) is 63.8 Å². The third-order valence-electron chi connectivity index (χ3n) is 6.58. The molecule has 3 aromatic carbocycles. The molecule has 1 aliphatic carbocycles. The molecule has 0 bridgehead atoms. The number of thiazole rings is 1. The van der Waals surface area contributed by atoms with Crippen LogP contribution in [0.2, 0.25) is 0 Å². The van der Waals surface area contributed by atoms with E-state index in [2.05, 4.69) is 34.1 Å². The number of nitrogens with zero attached hydrogens (tertiary/aromatic N) is 2. The van der Waals surface area contributed by atoms with Gasteiger partial charge in [0.1, 0.15) is 11.5 Å². The summed E-state index contributed by atoms with van der Waals surface area (Å²) in [6, 6.07) is 21.1. The Morgan fingerprint density at radius 2 is 1.91 bits per heavy atom. The molecule has 0 amide bonds. The number of halogens is 1. The summed E-state index contributed by atoms with van der Waals surface area (Å²) in [7, 11) is 1.66. The van der Waals surface area contributed by atoms with Crippen molar-refractivity contribution in [1.82, 2.24) is 4.57 Å². The summed E-state index contributed by atoms with van der Waals surface area (Å²) in [6.45, 7) is 0. The maximum absolute atomic E-state index is 13.8. The van der Waals surface area contributed by atoms with Gasteiger partial charge >= 0.3 is 0 Å². The molecule has 7 heteroatoms. The van der Waals surface area contributed by atoms with Crippen molar-refractivity contribution in [3.63, 3.8) is 0 Å². The Kier molecular flexibility index (Phi) is 5.46. The summed E-state index contributed by atoms with van der Waals surface area (Å²) in [6.07, 6.45) is 3.45. The number of hydrogen-bond acceptors (Lipinski definition) is 5. The zero-order valence-corrected chi connectivity index (χ0v) is 21.3. The molecular formula is C28H21BrN2O3S. The van der Waals surface area contributed by atoms with Crippen molar-refractivity contribution in [2.75, 3.05) is 7.11 Å². The Morgan fingerprint density at radius 3 is 2.77 bits per heavy atom. The van der Waals surface area contributed by atoms with E-state index < -0.39 is 0 Å². The Bertz CT molecular complexity index is 1700. The van der Waals surface area contributed by atoms with E-state index in [4.69, 9.17) is 9.73 Å². The normalized spacial score (nSPS) is 16.9. The summed E-state index contributed by atoms with van der Waals surface area (Å²) in [5, 5.41) is 10.4. The van der Waals surface area contributed by atoms with Crippen molar-refractivity contribution in [1.29, 1.82) is 0 Å². The number of methoxy groups -OCH3 is 1. The van der Waals surface area contributed by atoms with Crippen LogP contribution >= 0.6 is 27.3 Å². The van der Waals surface area contributed by atoms with E-state index in [1.54, 1.807) is 36.0 Å². The van der Waals surface area contributed by atoms with E-state index in [0.717, 1.165) is 45.5 Å². The minimum Gasteiger partial charge on any atom is -0.507 e. The van der Waals surface area contributed by atoms with Crippen molar-refractivity contribution in [3.8, 4) is 11.5 Å². The van der Waals surface area contributed by atoms with Gasteiger partial charge in [-0.2, -0.15) is 0 Å². The van der Waals surface area contributed by atoms with Gasteiger partial charge in [0.2, 0.25) is 0 Å². The fourth-order valence-corrected chi connectivity index (χ4v) is 6.34. The van der Waals surface area contributed by atoms with Gasteiger partial charge in [0.25, 0.3) is 5.56 Å². The number of rotatable bonds is 3. The lowest BCUT2D eigenvalue weighted by atomic mass is 9.83. The van der Waals surface area contributed by atoms with E-state index in [-0.39, 0.29) is 17.4 Å². The van der Waals surface area contributed by atoms with Crippen LogP contribution in [0.25, 0.3) is 11.8 Å². The maximum atomic E-state index is 13.8. The minimum absolute atomic E-state index is 0.119. The number of aromatic hydroxyl groups is 1. The number of phenols is 1. The van der Waals surface area contributed by atoms with Crippen molar-refractivity contribution in [2.45, 2.75) is 18.9 Å². The van der Waals surface area contributed by atoms with Gasteiger partial charge in [0, 0.05) is 21.2 Å². The number of benzene rings is 3. The number of fused-ring (bicyclic) bond motifs is 3. The van der Waals surface area contributed by atoms with Crippen LogP contribution in [0.5, 0.6) is 11.5 Å². The summed E-state index contributed by atoms with van der Waals surface area (Å²) >= 11 is 4.79. The largest absolute Gasteiger partial charge is 0.507 e. The first kappa shape index (κ1) is 22.1. The van der Waals surface area contributed by atoms with Crippen LogP contribution in [0.4, 0.5) is 0 Å². The standard InChI is InChI=1S/C28H21BrN2O3S/c1-34-23-9-5-4-8-20(23)26-21-12-10-16-6-2-3-7-19(16)25(21)30-28-31(26)27(33)24(35-28)15-17-14-18(29)11-13-22(17)32/h2-9,11,13-15,26,32H,10,12H2,1H3/b24-15-/t26-/m0/s1. The number of aromatic nitrogens is 1. The molecule has 2 heterocycles. The van der Waals surface area contributed by atoms with E-state index >= 15 is 0 Å². The molecule has 0 unspecified atom stereocenters. The molecule has 0 saturated heterocycles. The lowest BCUT2D eigenvalue weighted by molar-refractivity contribution is 0.402. The molecule has 4 aromatic rings. The third-order valence-corrected chi connectivity index (χ3v) is 8.06. The highest BCUT2D eigenvalue weighted by Crippen LogP contribution is 2.43. The average molecular weight is 545 g/mol. The van der Waals surface area contributed by atoms with Gasteiger partial charge in [-0.05, 0) is 54.3 Å². The molecular weight excluding hydrogens is 524 g/mol. The number of hydrogen-bond donors (Lipinski definition) is 1. The number of aryl methyl sites for hydroxylation is 1. The van der Waals surface area contributed by atoms with Gasteiger partial charge in [0.15, 0.2) is 4.80 Å². The molecule has 1 N–H and O–H groups in total. The van der Waals surface area contributed by atoms with Gasteiger partial charge in [-0.15, -0.1) is 0 Å². The molecule has 0 spiro atoms. The number of ether oxygens (including phenoxy) is 1. The molecule has 1 aromatic heterocycles. The van der Waals surface area contributed by atoms with Crippen molar-refractivity contribution < 1.29 is 9.84 Å². The van der Waals surface area contributed by atoms with E-state index in [0.29, 0.717) is 14.9 Å². The Hall–Kier alpha value is -3.42. The Labute approximate surface area is 214 Å². The summed E-state index contributed by atoms with van der Waals surface area (Å²) in [4.78, 5) is 19.5. The van der Waals surface area contributed by atoms with Crippen LogP contribution in [-0.2, 0) is 6.42 Å². The number of allylic oxidation sites excluding steroid dienone is 1. The molecule has 5 nitrogen and oxygen atoms in total. The fraction of sp³-hybridized carbons (Fsp3) is 0.143. The first-order chi connectivity index (χ1) is 17.0. The first-order valence-corrected chi connectivity index (χ1v) is 12.9. The van der Waals surface area contributed by atoms with Crippen LogP contribution in [-0.4, -0.2) is 16.8 Å². The van der Waals surface area contributed by atoms with Gasteiger partial charge in [-0.25, -0.2) is 4.99 Å². The van der Waals surface area contributed by atoms with Crippen LogP contribution in [0, 0.1) is 0 Å². The Morgan fingerprint density at radius 1 is 1.11 bits per heavy atom. The van der Waals surface area contributed by atoms with Gasteiger partial charge in [-0.1, -0.05) is 69.7 Å². The predicted molar refractivity (Wildman–Crippen MR) is 142 cm³/mol. The quantitative estimate of drug-likeness (QED) is 0.403. The highest BCUT2D eigenvalue weighted by molar-refractivity contribution is 9.10. The van der Waals surface area contributed by atoms with Crippen LogP contribution in [0.1, 0.15) is 34.7 Å². The predicted octanol–water partition coefficient (Wildman–Crippen LogP) is 4.80. The first-order valence-electron chi connectivity index (χ1n) is 11.3. The zero-order chi connectivity index (χ0) is 24.1. The molecule has 35 heavy (non-hydrogen) atoms. The summed E-state index contributed by atoms with van der Waals surface area (Å²) in [5.74, 6) is 0.859. The smallest absolute Gasteiger partial charge is 0.271 e. The lowest BCUT2D eigenvalue weighted by Crippen LogP contribution is -2.39. The summed E-state index contributed by atoms with van der Waals surface area (Å²) in [5.41, 5.74) is 5.85. The van der Waals surface area contributed by atoms with Crippen molar-refractivity contribution in [3.05, 3.63) is 119 Å². The minimum atomic E-state index is -0.316. The summed E-state index contributed by atoms with van der Waals surface area (Å²) < 4.78 is 8.86. The SMILES string of the molecule is COc1ccccc1[C@H]1C2=C(N=c3s/c(=C\c4cc(Br)ccc4O)c(=O)n31)c1ccccc1CC2. The zero-order valence-electron chi connectivity index (χ0n) is 18.9. The van der Waals surface area contributed by atoms with E-state index in [1.165, 1.54) is 16.9 Å². The Balaban J connectivity index is 1.66. The lowest BCUT2D eigenvalue weighted by Gasteiger charge is -2.31. The molecule has 1 atom stereocenters. The fourth-order valence-electron chi connectivity index (χ4n) is 4.97. The van der Waals surface area contributed by atoms with Crippen molar-refractivity contribution in [2.24, 2.45) is 4.99 Å². The molecule has 2 aliphatic rings. The second-order valence-corrected chi connectivity index (χ2v) is 10.5. The van der Waals surface area contributed by atoms with Gasteiger partial charge < -0.3 is 9.84 Å². The highest BCUT2D eigenvalue weighted by atomic mass is 79.9. The van der Waals surface area contributed by atoms with Gasteiger partial charge in [-0.3, -0.25) is 9.36 Å². The second kappa shape index (κ2) is 8.66. The number of para-hydroxylation sites is 1. The van der Waals surface area contributed by atoms with Crippen LogP contribution in [0.3, 0.4) is 0 Å². The highest BCUT2D eigenvalue weighted by Gasteiger charge is 2.33. The molecule has 0 saturated carbocycles. The third kappa shape index (κ3) is 3.66. The van der Waals surface area contributed by atoms with Crippen molar-refractivity contribution >= 4 is 39.0 Å². The van der Waals surface area contributed by atoms with E-state index in [1.807, 2.05) is 30.3 Å². The molecule has 1 aliphatic heterocycles. The monoisotopic (exact) mass is 544 g/mol. The van der Waals surface area contributed by atoms with E-state index in [9.17, 15) is 9.90 Å². The maximum Gasteiger partial charge on any atom is 0.271 e. The molecule has 6 rings (SSSR count). The molecule has 0 fully saturated rings.